The second-order valence-corrected chi connectivity index (χ2v) is 6.96. The summed E-state index contributed by atoms with van der Waals surface area (Å²) >= 11 is 0. The first-order valence-corrected chi connectivity index (χ1v) is 9.24. The van der Waals surface area contributed by atoms with Crippen LogP contribution in [-0.4, -0.2) is 26.5 Å². The number of hydrogen-bond donors (Lipinski definition) is 1. The molecule has 4 rings (SSSR count). The topological polar surface area (TPSA) is 72.4 Å². The Morgan fingerprint density at radius 2 is 1.93 bits per heavy atom. The molecule has 0 unspecified atom stereocenters. The number of hydrogen-bond acceptors (Lipinski definition) is 4. The van der Waals surface area contributed by atoms with Gasteiger partial charge in [0.25, 0.3) is 5.91 Å². The molecule has 0 bridgehead atoms. The summed E-state index contributed by atoms with van der Waals surface area (Å²) in [4.78, 5) is 16.7. The van der Waals surface area contributed by atoms with E-state index in [1.165, 1.54) is 18.4 Å². The largest absolute Gasteiger partial charge is 0.463 e. The molecule has 1 aliphatic rings. The zero-order valence-electron chi connectivity index (χ0n) is 15.0. The first-order valence-electron chi connectivity index (χ1n) is 9.24. The van der Waals surface area contributed by atoms with Crippen molar-refractivity contribution in [2.75, 3.05) is 0 Å². The Balaban J connectivity index is 1.70. The van der Waals surface area contributed by atoms with Crippen molar-refractivity contribution in [1.82, 2.24) is 19.9 Å². The fraction of sp³-hybridized carbons (Fsp3) is 0.421. The summed E-state index contributed by atoms with van der Waals surface area (Å²) < 4.78 is 46.5. The van der Waals surface area contributed by atoms with E-state index in [-0.39, 0.29) is 28.8 Å². The van der Waals surface area contributed by atoms with Gasteiger partial charge in [0, 0.05) is 12.1 Å². The number of alkyl halides is 3. The fourth-order valence-corrected chi connectivity index (χ4v) is 3.52. The molecule has 6 nitrogen and oxygen atoms in total. The lowest BCUT2D eigenvalue weighted by Gasteiger charge is -2.15. The van der Waals surface area contributed by atoms with Gasteiger partial charge in [-0.25, -0.2) is 9.50 Å². The summed E-state index contributed by atoms with van der Waals surface area (Å²) in [5, 5.41) is 6.78. The van der Waals surface area contributed by atoms with Gasteiger partial charge in [0.2, 0.25) is 0 Å². The predicted octanol–water partition coefficient (Wildman–Crippen LogP) is 4.46. The van der Waals surface area contributed by atoms with Crippen LogP contribution >= 0.6 is 0 Å². The zero-order valence-corrected chi connectivity index (χ0v) is 15.0. The van der Waals surface area contributed by atoms with Crippen molar-refractivity contribution in [2.24, 2.45) is 0 Å². The van der Waals surface area contributed by atoms with Crippen LogP contribution in [-0.2, 0) is 6.18 Å². The summed E-state index contributed by atoms with van der Waals surface area (Å²) in [5.74, 6) is -0.274. The molecular formula is C19H19F3N4O2. The van der Waals surface area contributed by atoms with Crippen LogP contribution in [0.2, 0.25) is 0 Å². The number of fused-ring (bicyclic) bond motifs is 1. The fourth-order valence-electron chi connectivity index (χ4n) is 3.52. The molecule has 3 aromatic rings. The van der Waals surface area contributed by atoms with Crippen molar-refractivity contribution in [3.63, 3.8) is 0 Å². The maximum atomic E-state index is 13.5. The van der Waals surface area contributed by atoms with Gasteiger partial charge < -0.3 is 9.73 Å². The van der Waals surface area contributed by atoms with Crippen molar-refractivity contribution in [1.29, 1.82) is 0 Å². The minimum absolute atomic E-state index is 0.0218. The van der Waals surface area contributed by atoms with Gasteiger partial charge in [-0.15, -0.1) is 0 Å². The molecule has 3 heterocycles. The first-order chi connectivity index (χ1) is 13.4. The molecule has 1 saturated carbocycles. The number of nitrogens with zero attached hydrogens (tertiary/aromatic N) is 3. The van der Waals surface area contributed by atoms with E-state index in [2.05, 4.69) is 15.4 Å². The Kier molecular flexibility index (Phi) is 4.82. The van der Waals surface area contributed by atoms with Crippen molar-refractivity contribution in [3.05, 3.63) is 41.9 Å². The highest BCUT2D eigenvalue weighted by Gasteiger charge is 2.36. The second kappa shape index (κ2) is 7.29. The molecular weight excluding hydrogens is 373 g/mol. The van der Waals surface area contributed by atoms with Crippen molar-refractivity contribution in [2.45, 2.75) is 50.7 Å². The number of carbonyl (C=O) groups excluding carboxylic acids is 1. The molecule has 1 aliphatic carbocycles. The second-order valence-electron chi connectivity index (χ2n) is 6.96. The maximum absolute atomic E-state index is 13.5. The summed E-state index contributed by atoms with van der Waals surface area (Å²) in [5.41, 5.74) is -1.14. The molecule has 28 heavy (non-hydrogen) atoms. The Morgan fingerprint density at radius 3 is 2.57 bits per heavy atom. The van der Waals surface area contributed by atoms with Crippen LogP contribution in [0.5, 0.6) is 0 Å². The molecule has 0 aromatic carbocycles. The van der Waals surface area contributed by atoms with Crippen molar-refractivity contribution in [3.8, 4) is 11.5 Å². The smallest absolute Gasteiger partial charge is 0.433 e. The Hall–Kier alpha value is -2.84. The van der Waals surface area contributed by atoms with Crippen LogP contribution in [0.1, 0.15) is 54.7 Å². The highest BCUT2D eigenvalue weighted by molar-refractivity contribution is 5.93. The average molecular weight is 392 g/mol. The summed E-state index contributed by atoms with van der Waals surface area (Å²) in [7, 11) is 0. The molecule has 0 spiro atoms. The predicted molar refractivity (Wildman–Crippen MR) is 94.6 cm³/mol. The minimum Gasteiger partial charge on any atom is -0.463 e. The number of amides is 1. The quantitative estimate of drug-likeness (QED) is 0.668. The maximum Gasteiger partial charge on any atom is 0.433 e. The molecule has 1 fully saturated rings. The first kappa shape index (κ1) is 18.5. The van der Waals surface area contributed by atoms with E-state index in [0.717, 1.165) is 44.6 Å². The SMILES string of the molecule is O=C(NC1CCCCCC1)c1cc2nc(-c3ccco3)cc(C(F)(F)F)n2n1. The molecule has 9 heteroatoms. The molecule has 0 aliphatic heterocycles. The van der Waals surface area contributed by atoms with Gasteiger partial charge in [0.05, 0.1) is 6.26 Å². The van der Waals surface area contributed by atoms with Crippen LogP contribution in [0, 0.1) is 0 Å². The van der Waals surface area contributed by atoms with E-state index in [4.69, 9.17) is 4.42 Å². The van der Waals surface area contributed by atoms with Crippen LogP contribution in [0.25, 0.3) is 17.1 Å². The van der Waals surface area contributed by atoms with Gasteiger partial charge in [-0.1, -0.05) is 25.7 Å². The lowest BCUT2D eigenvalue weighted by atomic mass is 10.1. The van der Waals surface area contributed by atoms with Gasteiger partial charge in [0.15, 0.2) is 22.8 Å². The summed E-state index contributed by atoms with van der Waals surface area (Å²) in [6.07, 6.45) is 2.76. The van der Waals surface area contributed by atoms with E-state index >= 15 is 0 Å². The highest BCUT2D eigenvalue weighted by Crippen LogP contribution is 2.32. The van der Waals surface area contributed by atoms with Gasteiger partial charge in [-0.2, -0.15) is 18.3 Å². The third-order valence-electron chi connectivity index (χ3n) is 4.91. The molecule has 1 N–H and O–H groups in total. The van der Waals surface area contributed by atoms with Gasteiger partial charge in [0.1, 0.15) is 5.69 Å². The summed E-state index contributed by atoms with van der Waals surface area (Å²) in [6, 6.07) is 5.25. The third-order valence-corrected chi connectivity index (χ3v) is 4.91. The lowest BCUT2D eigenvalue weighted by molar-refractivity contribution is -0.142. The van der Waals surface area contributed by atoms with Crippen LogP contribution in [0.4, 0.5) is 13.2 Å². The van der Waals surface area contributed by atoms with Crippen LogP contribution < -0.4 is 5.32 Å². The van der Waals surface area contributed by atoms with Crippen molar-refractivity contribution >= 4 is 11.6 Å². The van der Waals surface area contributed by atoms with E-state index in [0.29, 0.717) is 4.52 Å². The number of carbonyl (C=O) groups is 1. The lowest BCUT2D eigenvalue weighted by Crippen LogP contribution is -2.34. The average Bonchev–Trinajstić information content (AvgIpc) is 3.26. The Labute approximate surface area is 158 Å². The van der Waals surface area contributed by atoms with Gasteiger partial charge in [-0.3, -0.25) is 4.79 Å². The highest BCUT2D eigenvalue weighted by atomic mass is 19.4. The number of furan rings is 1. The number of nitrogens with one attached hydrogen (secondary N) is 1. The number of aromatic nitrogens is 3. The standard InChI is InChI=1S/C19H19F3N4O2/c20-19(21,22)16-10-13(15-8-5-9-28-15)24-17-11-14(25-26(16)17)18(27)23-12-6-3-1-2-4-7-12/h5,8-12H,1-4,6-7H2,(H,23,27). The minimum atomic E-state index is -4.66. The van der Waals surface area contributed by atoms with E-state index in [9.17, 15) is 18.0 Å². The molecule has 148 valence electrons. The molecule has 0 saturated heterocycles. The van der Waals surface area contributed by atoms with E-state index in [1.54, 1.807) is 6.07 Å². The molecule has 3 aromatic heterocycles. The summed E-state index contributed by atoms with van der Waals surface area (Å²) in [6.45, 7) is 0. The number of rotatable bonds is 3. The monoisotopic (exact) mass is 392 g/mol. The van der Waals surface area contributed by atoms with Gasteiger partial charge in [-0.05, 0) is 31.0 Å². The Bertz CT molecular complexity index is 971. The van der Waals surface area contributed by atoms with Crippen molar-refractivity contribution < 1.29 is 22.4 Å². The molecule has 0 atom stereocenters. The third kappa shape index (κ3) is 3.74. The van der Waals surface area contributed by atoms with Crippen LogP contribution in [0.15, 0.2) is 34.9 Å². The molecule has 1 amide bonds. The zero-order chi connectivity index (χ0) is 19.7. The van der Waals surface area contributed by atoms with E-state index < -0.39 is 17.8 Å². The molecule has 0 radical (unpaired) electrons. The Morgan fingerprint density at radius 1 is 1.18 bits per heavy atom. The van der Waals surface area contributed by atoms with Gasteiger partial charge >= 0.3 is 6.18 Å². The normalized spacial score (nSPS) is 16.2. The van der Waals surface area contributed by atoms with E-state index in [1.807, 2.05) is 0 Å². The number of halogens is 3. The van der Waals surface area contributed by atoms with Crippen LogP contribution in [0.3, 0.4) is 0 Å².